The van der Waals surface area contributed by atoms with Crippen molar-refractivity contribution in [1.29, 1.82) is 0 Å². The van der Waals surface area contributed by atoms with Crippen LogP contribution in [-0.2, 0) is 6.54 Å². The first kappa shape index (κ1) is 19.9. The highest BCUT2D eigenvalue weighted by Crippen LogP contribution is 2.20. The van der Waals surface area contributed by atoms with E-state index in [1.54, 1.807) is 0 Å². The van der Waals surface area contributed by atoms with Crippen LogP contribution in [0.4, 0.5) is 0 Å². The fraction of sp³-hybridized carbons (Fsp3) is 0.333. The molecule has 1 amide bonds. The molecule has 1 N–H and O–H groups in total. The highest BCUT2D eigenvalue weighted by molar-refractivity contribution is 5.94. The molecule has 0 fully saturated rings. The lowest BCUT2D eigenvalue weighted by Gasteiger charge is -2.19. The SMILES string of the molecule is CC[C@@H](NC(=O)c1ccc(Cn2nc(C)cc2C)cc1)c1ccc(C)c(C)c1. The van der Waals surface area contributed by atoms with Gasteiger partial charge in [-0.3, -0.25) is 9.48 Å². The number of nitrogens with zero attached hydrogens (tertiary/aromatic N) is 2. The molecule has 3 aromatic rings. The number of amides is 1. The molecule has 2 aromatic carbocycles. The fourth-order valence-electron chi connectivity index (χ4n) is 3.41. The summed E-state index contributed by atoms with van der Waals surface area (Å²) < 4.78 is 1.98. The van der Waals surface area contributed by atoms with E-state index < -0.39 is 0 Å². The van der Waals surface area contributed by atoms with Crippen LogP contribution in [0, 0.1) is 27.7 Å². The van der Waals surface area contributed by atoms with E-state index in [-0.39, 0.29) is 11.9 Å². The summed E-state index contributed by atoms with van der Waals surface area (Å²) in [5.41, 5.74) is 7.63. The van der Waals surface area contributed by atoms with Crippen molar-refractivity contribution in [2.24, 2.45) is 0 Å². The molecule has 146 valence electrons. The van der Waals surface area contributed by atoms with Gasteiger partial charge in [-0.15, -0.1) is 0 Å². The minimum absolute atomic E-state index is 0.0150. The minimum Gasteiger partial charge on any atom is -0.345 e. The van der Waals surface area contributed by atoms with Gasteiger partial charge in [-0.1, -0.05) is 37.3 Å². The second-order valence-electron chi connectivity index (χ2n) is 7.56. The van der Waals surface area contributed by atoms with Crippen molar-refractivity contribution >= 4 is 5.91 Å². The van der Waals surface area contributed by atoms with E-state index in [9.17, 15) is 4.79 Å². The molecule has 0 radical (unpaired) electrons. The third kappa shape index (κ3) is 4.50. The van der Waals surface area contributed by atoms with Crippen LogP contribution in [-0.4, -0.2) is 15.7 Å². The van der Waals surface area contributed by atoms with Crippen LogP contribution in [0.1, 0.15) is 63.4 Å². The van der Waals surface area contributed by atoms with E-state index in [0.717, 1.165) is 28.9 Å². The maximum absolute atomic E-state index is 12.7. The molecule has 1 aromatic heterocycles. The average molecular weight is 376 g/mol. The van der Waals surface area contributed by atoms with Crippen LogP contribution in [0.25, 0.3) is 0 Å². The smallest absolute Gasteiger partial charge is 0.251 e. The Kier molecular flexibility index (Phi) is 5.98. The van der Waals surface area contributed by atoms with Gasteiger partial charge in [0, 0.05) is 11.3 Å². The van der Waals surface area contributed by atoms with E-state index in [0.29, 0.717) is 12.1 Å². The summed E-state index contributed by atoms with van der Waals surface area (Å²) in [5.74, 6) is -0.0391. The summed E-state index contributed by atoms with van der Waals surface area (Å²) in [5, 5.41) is 7.67. The van der Waals surface area contributed by atoms with Crippen molar-refractivity contribution in [3.63, 3.8) is 0 Å². The van der Waals surface area contributed by atoms with Crippen LogP contribution in [0.15, 0.2) is 48.5 Å². The molecule has 0 unspecified atom stereocenters. The van der Waals surface area contributed by atoms with Gasteiger partial charge in [-0.05, 0) is 74.6 Å². The Balaban J connectivity index is 1.69. The number of nitrogens with one attached hydrogen (secondary N) is 1. The summed E-state index contributed by atoms with van der Waals surface area (Å²) in [6.45, 7) is 11.1. The van der Waals surface area contributed by atoms with E-state index in [4.69, 9.17) is 0 Å². The van der Waals surface area contributed by atoms with Crippen LogP contribution in [0.3, 0.4) is 0 Å². The average Bonchev–Trinajstić information content (AvgIpc) is 2.99. The molecule has 4 heteroatoms. The number of hydrogen-bond acceptors (Lipinski definition) is 2. The minimum atomic E-state index is -0.0391. The molecule has 0 aliphatic carbocycles. The zero-order valence-corrected chi connectivity index (χ0v) is 17.4. The molecule has 0 saturated heterocycles. The first-order valence-corrected chi connectivity index (χ1v) is 9.85. The summed E-state index contributed by atoms with van der Waals surface area (Å²) in [7, 11) is 0. The van der Waals surface area contributed by atoms with Gasteiger partial charge < -0.3 is 5.32 Å². The lowest BCUT2D eigenvalue weighted by molar-refractivity contribution is 0.0935. The number of aromatic nitrogens is 2. The summed E-state index contributed by atoms with van der Waals surface area (Å²) in [4.78, 5) is 12.7. The summed E-state index contributed by atoms with van der Waals surface area (Å²) in [6, 6.07) is 16.3. The number of rotatable bonds is 6. The van der Waals surface area contributed by atoms with Crippen molar-refractivity contribution in [3.05, 3.63) is 87.7 Å². The number of carbonyl (C=O) groups excluding carboxylic acids is 1. The summed E-state index contributed by atoms with van der Waals surface area (Å²) >= 11 is 0. The Morgan fingerprint density at radius 2 is 1.71 bits per heavy atom. The third-order valence-corrected chi connectivity index (χ3v) is 5.30. The maximum Gasteiger partial charge on any atom is 0.251 e. The topological polar surface area (TPSA) is 46.9 Å². The Hall–Kier alpha value is -2.88. The second kappa shape index (κ2) is 8.42. The van der Waals surface area contributed by atoms with Gasteiger partial charge in [-0.25, -0.2) is 0 Å². The van der Waals surface area contributed by atoms with Crippen LogP contribution in [0.5, 0.6) is 0 Å². The Morgan fingerprint density at radius 3 is 2.29 bits per heavy atom. The van der Waals surface area contributed by atoms with E-state index in [1.165, 1.54) is 11.1 Å². The second-order valence-corrected chi connectivity index (χ2v) is 7.56. The van der Waals surface area contributed by atoms with Gasteiger partial charge in [-0.2, -0.15) is 5.10 Å². The van der Waals surface area contributed by atoms with Crippen LogP contribution in [0.2, 0.25) is 0 Å². The number of hydrogen-bond donors (Lipinski definition) is 1. The van der Waals surface area contributed by atoms with Crippen LogP contribution >= 0.6 is 0 Å². The normalized spacial score (nSPS) is 12.0. The van der Waals surface area contributed by atoms with Crippen molar-refractivity contribution in [2.75, 3.05) is 0 Å². The quantitative estimate of drug-likeness (QED) is 0.656. The van der Waals surface area contributed by atoms with E-state index in [1.807, 2.05) is 35.9 Å². The highest BCUT2D eigenvalue weighted by atomic mass is 16.1. The van der Waals surface area contributed by atoms with Crippen molar-refractivity contribution in [1.82, 2.24) is 15.1 Å². The molecule has 0 spiro atoms. The lowest BCUT2D eigenvalue weighted by atomic mass is 9.99. The molecule has 0 bridgehead atoms. The third-order valence-electron chi connectivity index (χ3n) is 5.30. The molecule has 0 saturated carbocycles. The predicted octanol–water partition coefficient (Wildman–Crippen LogP) is 5.05. The maximum atomic E-state index is 12.7. The van der Waals surface area contributed by atoms with Gasteiger partial charge in [0.1, 0.15) is 0 Å². The van der Waals surface area contributed by atoms with Gasteiger partial charge in [0.05, 0.1) is 18.3 Å². The molecular formula is C24H29N3O. The van der Waals surface area contributed by atoms with Crippen molar-refractivity contribution in [3.8, 4) is 0 Å². The van der Waals surface area contributed by atoms with E-state index >= 15 is 0 Å². The lowest BCUT2D eigenvalue weighted by Crippen LogP contribution is -2.28. The zero-order chi connectivity index (χ0) is 20.3. The van der Waals surface area contributed by atoms with E-state index in [2.05, 4.69) is 62.4 Å². The Morgan fingerprint density at radius 1 is 1.00 bits per heavy atom. The largest absolute Gasteiger partial charge is 0.345 e. The van der Waals surface area contributed by atoms with Gasteiger partial charge >= 0.3 is 0 Å². The van der Waals surface area contributed by atoms with Crippen molar-refractivity contribution < 1.29 is 4.79 Å². The standard InChI is InChI=1S/C24H29N3O/c1-6-23(22-10-7-16(2)17(3)13-22)25-24(28)21-11-8-20(9-12-21)15-27-19(5)14-18(4)26-27/h7-14,23H,6,15H2,1-5H3,(H,25,28)/t23-/m1/s1. The molecule has 0 aliphatic heterocycles. The number of aryl methyl sites for hydroxylation is 4. The number of carbonyl (C=O) groups is 1. The molecular weight excluding hydrogens is 346 g/mol. The molecule has 1 heterocycles. The first-order valence-electron chi connectivity index (χ1n) is 9.85. The fourth-order valence-corrected chi connectivity index (χ4v) is 3.41. The Labute approximate surface area is 167 Å². The molecule has 0 aliphatic rings. The Bertz CT molecular complexity index is 970. The predicted molar refractivity (Wildman–Crippen MR) is 114 cm³/mol. The van der Waals surface area contributed by atoms with Crippen LogP contribution < -0.4 is 5.32 Å². The van der Waals surface area contributed by atoms with Gasteiger partial charge in [0.25, 0.3) is 5.91 Å². The zero-order valence-electron chi connectivity index (χ0n) is 17.4. The van der Waals surface area contributed by atoms with Gasteiger partial charge in [0.15, 0.2) is 0 Å². The molecule has 28 heavy (non-hydrogen) atoms. The highest BCUT2D eigenvalue weighted by Gasteiger charge is 2.15. The molecule has 4 nitrogen and oxygen atoms in total. The monoisotopic (exact) mass is 375 g/mol. The first-order chi connectivity index (χ1) is 13.4. The molecule has 3 rings (SSSR count). The molecule has 1 atom stereocenters. The van der Waals surface area contributed by atoms with Gasteiger partial charge in [0.2, 0.25) is 0 Å². The summed E-state index contributed by atoms with van der Waals surface area (Å²) in [6.07, 6.45) is 0.851. The number of benzene rings is 2. The van der Waals surface area contributed by atoms with Crippen molar-refractivity contribution in [2.45, 2.75) is 53.6 Å².